The fourth-order valence-electron chi connectivity index (χ4n) is 1.28. The van der Waals surface area contributed by atoms with Crippen molar-refractivity contribution >= 4 is 21.8 Å². The molecule has 3 N–H and O–H groups in total. The number of aromatic carboxylic acids is 1. The number of sulfone groups is 1. The first-order valence-corrected chi connectivity index (χ1v) is 7.70. The summed E-state index contributed by atoms with van der Waals surface area (Å²) in [6.45, 7) is 1.56. The largest absolute Gasteiger partial charge is 0.475 e. The number of furan rings is 1. The summed E-state index contributed by atoms with van der Waals surface area (Å²) in [5.74, 6) is -1.21. The molecule has 9 heteroatoms. The normalized spacial score (nSPS) is 11.1. The lowest BCUT2D eigenvalue weighted by atomic mass is 10.4. The van der Waals surface area contributed by atoms with Crippen molar-refractivity contribution in [2.75, 3.05) is 18.1 Å². The Morgan fingerprint density at radius 2 is 2.00 bits per heavy atom. The second-order valence-corrected chi connectivity index (χ2v) is 6.39. The summed E-state index contributed by atoms with van der Waals surface area (Å²) in [5.41, 5.74) is 0. The van der Waals surface area contributed by atoms with E-state index >= 15 is 0 Å². The standard InChI is InChI=1S/C11H16N2O6S/c1-2-20(17,18)6-5-12-11(16)13-7-8-3-4-9(19-8)10(14)15/h3-4H,2,5-7H2,1H3,(H,14,15)(H2,12,13,16). The molecule has 112 valence electrons. The molecular formula is C11H16N2O6S. The van der Waals surface area contributed by atoms with Crippen LogP contribution in [0.1, 0.15) is 23.2 Å². The topological polar surface area (TPSA) is 126 Å². The molecule has 1 aromatic heterocycles. The van der Waals surface area contributed by atoms with Crippen molar-refractivity contribution in [1.29, 1.82) is 0 Å². The highest BCUT2D eigenvalue weighted by Crippen LogP contribution is 2.07. The monoisotopic (exact) mass is 304 g/mol. The van der Waals surface area contributed by atoms with Crippen LogP contribution in [-0.2, 0) is 16.4 Å². The first kappa shape index (κ1) is 16.0. The van der Waals surface area contributed by atoms with Gasteiger partial charge in [0.25, 0.3) is 0 Å². The van der Waals surface area contributed by atoms with E-state index < -0.39 is 21.8 Å². The van der Waals surface area contributed by atoms with Crippen LogP contribution in [0.2, 0.25) is 0 Å². The van der Waals surface area contributed by atoms with Crippen molar-refractivity contribution in [2.24, 2.45) is 0 Å². The van der Waals surface area contributed by atoms with Crippen LogP contribution in [0.4, 0.5) is 4.79 Å². The Labute approximate surface area is 116 Å². The fraction of sp³-hybridized carbons (Fsp3) is 0.455. The Kier molecular flexibility index (Phi) is 5.56. The van der Waals surface area contributed by atoms with E-state index in [-0.39, 0.29) is 30.4 Å². The van der Waals surface area contributed by atoms with Crippen molar-refractivity contribution in [3.05, 3.63) is 23.7 Å². The Bertz CT molecular complexity index is 577. The Morgan fingerprint density at radius 1 is 1.30 bits per heavy atom. The molecule has 1 heterocycles. The average Bonchev–Trinajstić information content (AvgIpc) is 2.85. The van der Waals surface area contributed by atoms with Crippen molar-refractivity contribution in [1.82, 2.24) is 10.6 Å². The van der Waals surface area contributed by atoms with E-state index in [2.05, 4.69) is 10.6 Å². The zero-order chi connectivity index (χ0) is 15.2. The first-order valence-electron chi connectivity index (χ1n) is 5.88. The minimum absolute atomic E-state index is 0.0135. The third kappa shape index (κ3) is 5.31. The highest BCUT2D eigenvalue weighted by molar-refractivity contribution is 7.91. The van der Waals surface area contributed by atoms with E-state index in [4.69, 9.17) is 9.52 Å². The molecule has 0 bridgehead atoms. The lowest BCUT2D eigenvalue weighted by molar-refractivity contribution is 0.0660. The summed E-state index contributed by atoms with van der Waals surface area (Å²) >= 11 is 0. The van der Waals surface area contributed by atoms with Crippen LogP contribution in [0.15, 0.2) is 16.5 Å². The summed E-state index contributed by atoms with van der Waals surface area (Å²) in [6.07, 6.45) is 0. The van der Waals surface area contributed by atoms with Gasteiger partial charge in [0.2, 0.25) is 5.76 Å². The SMILES string of the molecule is CCS(=O)(=O)CCNC(=O)NCc1ccc(C(=O)O)o1. The molecule has 2 amide bonds. The number of carboxylic acids is 1. The summed E-state index contributed by atoms with van der Waals surface area (Å²) in [6, 6.07) is 2.17. The fourth-order valence-corrected chi connectivity index (χ4v) is 1.98. The Morgan fingerprint density at radius 3 is 2.55 bits per heavy atom. The van der Waals surface area contributed by atoms with Crippen LogP contribution in [0.3, 0.4) is 0 Å². The van der Waals surface area contributed by atoms with Gasteiger partial charge in [-0.05, 0) is 12.1 Å². The second-order valence-electron chi connectivity index (χ2n) is 3.92. The van der Waals surface area contributed by atoms with Gasteiger partial charge >= 0.3 is 12.0 Å². The van der Waals surface area contributed by atoms with Crippen molar-refractivity contribution in [3.63, 3.8) is 0 Å². The molecule has 0 unspecified atom stereocenters. The maximum atomic E-state index is 11.4. The smallest absolute Gasteiger partial charge is 0.371 e. The van der Waals surface area contributed by atoms with E-state index in [0.717, 1.165) is 0 Å². The molecule has 1 rings (SSSR count). The molecule has 0 saturated heterocycles. The number of carbonyl (C=O) groups is 2. The number of rotatable bonds is 7. The highest BCUT2D eigenvalue weighted by atomic mass is 32.2. The second kappa shape index (κ2) is 6.94. The van der Waals surface area contributed by atoms with Crippen LogP contribution in [0.5, 0.6) is 0 Å². The van der Waals surface area contributed by atoms with Gasteiger partial charge in [-0.25, -0.2) is 18.0 Å². The van der Waals surface area contributed by atoms with E-state index in [0.29, 0.717) is 5.76 Å². The number of nitrogens with one attached hydrogen (secondary N) is 2. The first-order chi connectivity index (χ1) is 9.34. The van der Waals surface area contributed by atoms with Crippen LogP contribution < -0.4 is 10.6 Å². The molecule has 0 aliphatic rings. The Hall–Kier alpha value is -2.03. The average molecular weight is 304 g/mol. The Balaban J connectivity index is 2.31. The van der Waals surface area contributed by atoms with Gasteiger partial charge in [-0.3, -0.25) is 0 Å². The van der Waals surface area contributed by atoms with E-state index in [1.807, 2.05) is 0 Å². The summed E-state index contributed by atoms with van der Waals surface area (Å²) in [5, 5.41) is 13.5. The molecule has 0 aromatic carbocycles. The number of carboxylic acid groups (broad SMARTS) is 1. The van der Waals surface area contributed by atoms with Gasteiger partial charge in [-0.15, -0.1) is 0 Å². The molecule has 20 heavy (non-hydrogen) atoms. The minimum atomic E-state index is -3.11. The van der Waals surface area contributed by atoms with Crippen LogP contribution >= 0.6 is 0 Å². The molecule has 0 atom stereocenters. The molecule has 8 nitrogen and oxygen atoms in total. The summed E-state index contributed by atoms with van der Waals surface area (Å²) in [7, 11) is -3.11. The van der Waals surface area contributed by atoms with Crippen LogP contribution in [-0.4, -0.2) is 43.6 Å². The zero-order valence-corrected chi connectivity index (χ0v) is 11.7. The zero-order valence-electron chi connectivity index (χ0n) is 10.9. The van der Waals surface area contributed by atoms with Crippen molar-refractivity contribution < 1.29 is 27.5 Å². The molecule has 0 spiro atoms. The predicted octanol–water partition coefficient (Wildman–Crippen LogP) is 0.212. The maximum absolute atomic E-state index is 11.4. The van der Waals surface area contributed by atoms with Crippen LogP contribution in [0, 0.1) is 0 Å². The molecule has 0 aliphatic heterocycles. The summed E-state index contributed by atoms with van der Waals surface area (Å²) < 4.78 is 27.3. The third-order valence-corrected chi connectivity index (χ3v) is 4.14. The lowest BCUT2D eigenvalue weighted by Gasteiger charge is -2.06. The molecular weight excluding hydrogens is 288 g/mol. The number of urea groups is 1. The van der Waals surface area contributed by atoms with Gasteiger partial charge in [0.15, 0.2) is 9.84 Å². The number of amides is 2. The lowest BCUT2D eigenvalue weighted by Crippen LogP contribution is -2.37. The van der Waals surface area contributed by atoms with Crippen molar-refractivity contribution in [2.45, 2.75) is 13.5 Å². The van der Waals surface area contributed by atoms with Crippen molar-refractivity contribution in [3.8, 4) is 0 Å². The van der Waals surface area contributed by atoms with E-state index in [1.165, 1.54) is 19.1 Å². The summed E-state index contributed by atoms with van der Waals surface area (Å²) in [4.78, 5) is 21.9. The van der Waals surface area contributed by atoms with Gasteiger partial charge < -0.3 is 20.2 Å². The predicted molar refractivity (Wildman–Crippen MR) is 70.2 cm³/mol. The number of hydrogen-bond donors (Lipinski definition) is 3. The van der Waals surface area contributed by atoms with Gasteiger partial charge in [0.1, 0.15) is 5.76 Å². The third-order valence-electron chi connectivity index (χ3n) is 2.43. The molecule has 0 saturated carbocycles. The van der Waals surface area contributed by atoms with Gasteiger partial charge in [-0.1, -0.05) is 6.92 Å². The maximum Gasteiger partial charge on any atom is 0.371 e. The number of hydrogen-bond acceptors (Lipinski definition) is 5. The van der Waals surface area contributed by atoms with Gasteiger partial charge in [0, 0.05) is 12.3 Å². The highest BCUT2D eigenvalue weighted by Gasteiger charge is 2.10. The molecule has 0 fully saturated rings. The minimum Gasteiger partial charge on any atom is -0.475 e. The van der Waals surface area contributed by atoms with Gasteiger partial charge in [0.05, 0.1) is 12.3 Å². The molecule has 1 aromatic rings. The van der Waals surface area contributed by atoms with Crippen LogP contribution in [0.25, 0.3) is 0 Å². The quantitative estimate of drug-likeness (QED) is 0.661. The van der Waals surface area contributed by atoms with E-state index in [1.54, 1.807) is 0 Å². The van der Waals surface area contributed by atoms with Gasteiger partial charge in [-0.2, -0.15) is 0 Å². The molecule has 0 radical (unpaired) electrons. The van der Waals surface area contributed by atoms with E-state index in [9.17, 15) is 18.0 Å². The number of carbonyl (C=O) groups excluding carboxylic acids is 1. The molecule has 0 aliphatic carbocycles.